The van der Waals surface area contributed by atoms with Crippen LogP contribution in [0.1, 0.15) is 13.8 Å². The van der Waals surface area contributed by atoms with Gasteiger partial charge in [-0.05, 0) is 13.8 Å². The van der Waals surface area contributed by atoms with Crippen molar-refractivity contribution < 1.29 is 24.4 Å². The summed E-state index contributed by atoms with van der Waals surface area (Å²) in [6.07, 6.45) is 0. The van der Waals surface area contributed by atoms with Gasteiger partial charge in [0.25, 0.3) is 0 Å². The first-order chi connectivity index (χ1) is 9.33. The van der Waals surface area contributed by atoms with Crippen LogP contribution in [0.15, 0.2) is 26.3 Å². The fraction of sp³-hybridized carbons (Fsp3) is 0.714. The molecule has 0 aliphatic rings. The molecule has 0 aromatic rings. The van der Waals surface area contributed by atoms with E-state index in [9.17, 15) is 0 Å². The molecule has 0 unspecified atom stereocenters. The van der Waals surface area contributed by atoms with Crippen LogP contribution in [0, 0.1) is 0 Å². The highest BCUT2D eigenvalue weighted by Gasteiger charge is 1.86. The van der Waals surface area contributed by atoms with Crippen LogP contribution in [0.25, 0.3) is 0 Å². The van der Waals surface area contributed by atoms with Gasteiger partial charge in [-0.2, -0.15) is 0 Å². The van der Waals surface area contributed by atoms with E-state index in [4.69, 9.17) is 24.4 Å². The van der Waals surface area contributed by atoms with E-state index in [0.29, 0.717) is 26.4 Å². The van der Waals surface area contributed by atoms with Crippen LogP contribution in [-0.2, 0) is 14.2 Å². The molecule has 5 heteroatoms. The zero-order valence-electron chi connectivity index (χ0n) is 12.6. The van der Waals surface area contributed by atoms with Crippen LogP contribution >= 0.6 is 0 Å². The molecule has 0 aromatic heterocycles. The van der Waals surface area contributed by atoms with Crippen LogP contribution in [-0.4, -0.2) is 63.1 Å². The van der Waals surface area contributed by atoms with E-state index in [-0.39, 0.29) is 13.2 Å². The lowest BCUT2D eigenvalue weighted by Crippen LogP contribution is -2.09. The molecular weight excluding hydrogens is 248 g/mol. The average Bonchev–Trinajstić information content (AvgIpc) is 2.49. The third-order valence-electron chi connectivity index (χ3n) is 1.25. The zero-order valence-corrected chi connectivity index (χ0v) is 12.6. The Morgan fingerprint density at radius 2 is 0.947 bits per heavy atom. The third kappa shape index (κ3) is 58.8. The summed E-state index contributed by atoms with van der Waals surface area (Å²) < 4.78 is 14.6. The molecule has 118 valence electrons. The summed E-state index contributed by atoms with van der Waals surface area (Å²) in [5.41, 5.74) is 0. The van der Waals surface area contributed by atoms with E-state index in [1.165, 1.54) is 0 Å². The van der Waals surface area contributed by atoms with Crippen molar-refractivity contribution in [2.75, 3.05) is 52.9 Å². The highest BCUT2D eigenvalue weighted by molar-refractivity contribution is 4.30. The molecule has 0 amide bonds. The van der Waals surface area contributed by atoms with Gasteiger partial charge in [-0.25, -0.2) is 0 Å². The lowest BCUT2D eigenvalue weighted by atomic mass is 10.7. The van der Waals surface area contributed by atoms with Crippen molar-refractivity contribution >= 4 is 0 Å². The first kappa shape index (κ1) is 26.8. The van der Waals surface area contributed by atoms with Gasteiger partial charge in [-0.1, -0.05) is 0 Å². The Labute approximate surface area is 118 Å². The molecule has 2 N–H and O–H groups in total. The Kier molecular flexibility index (Phi) is 61.1. The van der Waals surface area contributed by atoms with Crippen LogP contribution in [0.2, 0.25) is 0 Å². The predicted molar refractivity (Wildman–Crippen MR) is 80.5 cm³/mol. The van der Waals surface area contributed by atoms with Crippen LogP contribution in [0.4, 0.5) is 0 Å². The fourth-order valence-electron chi connectivity index (χ4n) is 0.655. The summed E-state index contributed by atoms with van der Waals surface area (Å²) in [6.45, 7) is 19.4. The molecule has 5 nitrogen and oxygen atoms in total. The summed E-state index contributed by atoms with van der Waals surface area (Å²) in [5, 5.41) is 16.5. The van der Waals surface area contributed by atoms with Gasteiger partial charge < -0.3 is 24.4 Å². The molecule has 0 saturated carbocycles. The number of aliphatic hydroxyl groups excluding tert-OH is 2. The fourth-order valence-corrected chi connectivity index (χ4v) is 0.655. The normalized spacial score (nSPS) is 8.00. The molecule has 0 aliphatic carbocycles. The molecule has 19 heavy (non-hydrogen) atoms. The maximum atomic E-state index is 8.26. The molecule has 0 fully saturated rings. The second kappa shape index (κ2) is 43.3. The average molecular weight is 280 g/mol. The maximum absolute atomic E-state index is 8.26. The monoisotopic (exact) mass is 280 g/mol. The van der Waals surface area contributed by atoms with Crippen molar-refractivity contribution in [2.45, 2.75) is 13.8 Å². The van der Waals surface area contributed by atoms with Crippen molar-refractivity contribution in [1.82, 2.24) is 0 Å². The molecule has 0 radical (unpaired) electrons. The van der Waals surface area contributed by atoms with Gasteiger partial charge in [0.15, 0.2) is 0 Å². The molecule has 0 rings (SSSR count). The van der Waals surface area contributed by atoms with E-state index in [0.717, 1.165) is 13.2 Å². The van der Waals surface area contributed by atoms with Crippen molar-refractivity contribution in [3.63, 3.8) is 0 Å². The molecule has 0 aliphatic heterocycles. The second-order valence-corrected chi connectivity index (χ2v) is 2.45. The van der Waals surface area contributed by atoms with Crippen molar-refractivity contribution in [3.8, 4) is 0 Å². The van der Waals surface area contributed by atoms with Gasteiger partial charge in [-0.15, -0.1) is 26.3 Å². The summed E-state index contributed by atoms with van der Waals surface area (Å²) in [5.74, 6) is 0. The Bertz CT molecular complexity index is 100. The minimum atomic E-state index is 0.0417. The quantitative estimate of drug-likeness (QED) is 0.496. The molecule has 0 heterocycles. The van der Waals surface area contributed by atoms with E-state index in [1.54, 1.807) is 0 Å². The Morgan fingerprint density at radius 3 is 1.11 bits per heavy atom. The highest BCUT2D eigenvalue weighted by atomic mass is 16.5. The molecule has 0 saturated heterocycles. The molecule has 0 spiro atoms. The standard InChI is InChI=1S/C6H14O4.C4H10O.2C2H4/c7-1-3-9-5-6-10-4-2-8;1-3-5-4-2;2*1-2/h7-8H,1-6H2;3-4H2,1-2H3;2*1-2H2. The summed E-state index contributed by atoms with van der Waals surface area (Å²) in [4.78, 5) is 0. The van der Waals surface area contributed by atoms with Gasteiger partial charge >= 0.3 is 0 Å². The number of ether oxygens (including phenoxy) is 3. The Morgan fingerprint density at radius 1 is 0.632 bits per heavy atom. The number of hydrogen-bond donors (Lipinski definition) is 2. The van der Waals surface area contributed by atoms with E-state index < -0.39 is 0 Å². The van der Waals surface area contributed by atoms with E-state index in [2.05, 4.69) is 26.3 Å². The van der Waals surface area contributed by atoms with Crippen molar-refractivity contribution in [1.29, 1.82) is 0 Å². The number of hydrogen-bond acceptors (Lipinski definition) is 5. The SMILES string of the molecule is C=C.C=C.CCOCC.OCCOCCOCCO. The van der Waals surface area contributed by atoms with Crippen molar-refractivity contribution in [3.05, 3.63) is 26.3 Å². The maximum Gasteiger partial charge on any atom is 0.0701 e. The molecular formula is C14H32O5. The smallest absolute Gasteiger partial charge is 0.0701 e. The van der Waals surface area contributed by atoms with Crippen LogP contribution in [0.3, 0.4) is 0 Å². The number of rotatable bonds is 9. The van der Waals surface area contributed by atoms with E-state index >= 15 is 0 Å². The van der Waals surface area contributed by atoms with Gasteiger partial charge in [0.1, 0.15) is 0 Å². The number of aliphatic hydroxyl groups is 2. The molecule has 0 aromatic carbocycles. The highest BCUT2D eigenvalue weighted by Crippen LogP contribution is 1.76. The van der Waals surface area contributed by atoms with Crippen molar-refractivity contribution in [2.24, 2.45) is 0 Å². The third-order valence-corrected chi connectivity index (χ3v) is 1.25. The largest absolute Gasteiger partial charge is 0.394 e. The van der Waals surface area contributed by atoms with Crippen LogP contribution < -0.4 is 0 Å². The molecule has 0 atom stereocenters. The predicted octanol–water partition coefficient (Wildman–Crippen LogP) is 1.65. The lowest BCUT2D eigenvalue weighted by Gasteiger charge is -2.01. The second-order valence-electron chi connectivity index (χ2n) is 2.45. The van der Waals surface area contributed by atoms with Gasteiger partial charge in [0.2, 0.25) is 0 Å². The van der Waals surface area contributed by atoms with E-state index in [1.807, 2.05) is 13.8 Å². The van der Waals surface area contributed by atoms with Gasteiger partial charge in [0.05, 0.1) is 39.6 Å². The summed E-state index contributed by atoms with van der Waals surface area (Å²) >= 11 is 0. The first-order valence-corrected chi connectivity index (χ1v) is 6.28. The lowest BCUT2D eigenvalue weighted by molar-refractivity contribution is 0.0222. The Hall–Kier alpha value is -0.720. The first-order valence-electron chi connectivity index (χ1n) is 6.28. The van der Waals surface area contributed by atoms with Crippen LogP contribution in [0.5, 0.6) is 0 Å². The minimum Gasteiger partial charge on any atom is -0.394 e. The summed E-state index contributed by atoms with van der Waals surface area (Å²) in [7, 11) is 0. The van der Waals surface area contributed by atoms with Gasteiger partial charge in [0, 0.05) is 13.2 Å². The minimum absolute atomic E-state index is 0.0417. The Balaban J connectivity index is -0.000000105. The summed E-state index contributed by atoms with van der Waals surface area (Å²) in [6, 6.07) is 0. The zero-order chi connectivity index (χ0) is 15.8. The van der Waals surface area contributed by atoms with Gasteiger partial charge in [-0.3, -0.25) is 0 Å². The molecule has 0 bridgehead atoms. The topological polar surface area (TPSA) is 68.2 Å².